The average Bonchev–Trinajstić information content (AvgIpc) is 2.61. The molecule has 0 aliphatic heterocycles. The second-order valence-electron chi connectivity index (χ2n) is 5.33. The number of hydrogen-bond acceptors (Lipinski definition) is 1. The minimum atomic E-state index is -0.527. The molecule has 3 aromatic rings. The highest BCUT2D eigenvalue weighted by atomic mass is 35.5. The molecule has 120 valence electrons. The van der Waals surface area contributed by atoms with Crippen LogP contribution in [0.15, 0.2) is 72.8 Å². The van der Waals surface area contributed by atoms with E-state index in [1.807, 2.05) is 48.5 Å². The van der Waals surface area contributed by atoms with Gasteiger partial charge < -0.3 is 5.32 Å². The fraction of sp³-hybridized carbons (Fsp3) is 0.0500. The first-order valence-electron chi connectivity index (χ1n) is 7.52. The number of carbonyl (C=O) groups is 1. The van der Waals surface area contributed by atoms with Crippen LogP contribution >= 0.6 is 11.6 Å². The largest absolute Gasteiger partial charge is 0.348 e. The molecule has 1 amide bonds. The monoisotopic (exact) mass is 339 g/mol. The van der Waals surface area contributed by atoms with Gasteiger partial charge in [0, 0.05) is 11.6 Å². The Kier molecular flexibility index (Phi) is 4.92. The van der Waals surface area contributed by atoms with Crippen molar-refractivity contribution in [3.05, 3.63) is 94.8 Å². The van der Waals surface area contributed by atoms with Crippen LogP contribution in [0, 0.1) is 5.82 Å². The summed E-state index contributed by atoms with van der Waals surface area (Å²) in [7, 11) is 0. The van der Waals surface area contributed by atoms with E-state index in [-0.39, 0.29) is 5.56 Å². The van der Waals surface area contributed by atoms with Gasteiger partial charge in [-0.2, -0.15) is 0 Å². The smallest absolute Gasteiger partial charge is 0.254 e. The highest BCUT2D eigenvalue weighted by molar-refractivity contribution is 6.30. The summed E-state index contributed by atoms with van der Waals surface area (Å²) in [6.07, 6.45) is 0. The third-order valence-corrected chi connectivity index (χ3v) is 3.98. The van der Waals surface area contributed by atoms with Crippen LogP contribution in [0.2, 0.25) is 5.02 Å². The quantitative estimate of drug-likeness (QED) is 0.706. The first kappa shape index (κ1) is 16.2. The maximum Gasteiger partial charge on any atom is 0.254 e. The van der Waals surface area contributed by atoms with Crippen molar-refractivity contribution in [3.8, 4) is 11.1 Å². The third kappa shape index (κ3) is 3.63. The molecule has 3 aromatic carbocycles. The van der Waals surface area contributed by atoms with Crippen molar-refractivity contribution >= 4 is 17.5 Å². The van der Waals surface area contributed by atoms with Crippen molar-refractivity contribution < 1.29 is 9.18 Å². The van der Waals surface area contributed by atoms with E-state index in [2.05, 4.69) is 5.32 Å². The zero-order chi connectivity index (χ0) is 16.9. The van der Waals surface area contributed by atoms with E-state index in [9.17, 15) is 9.18 Å². The van der Waals surface area contributed by atoms with E-state index < -0.39 is 11.7 Å². The number of nitrogens with one attached hydrogen (secondary N) is 1. The lowest BCUT2D eigenvalue weighted by molar-refractivity contribution is 0.0947. The Labute approximate surface area is 144 Å². The molecule has 0 bridgehead atoms. The molecule has 0 aliphatic carbocycles. The zero-order valence-corrected chi connectivity index (χ0v) is 13.6. The van der Waals surface area contributed by atoms with E-state index in [1.165, 1.54) is 12.1 Å². The molecule has 2 nitrogen and oxygen atoms in total. The van der Waals surface area contributed by atoms with Gasteiger partial charge in [0.2, 0.25) is 0 Å². The predicted octanol–water partition coefficient (Wildman–Crippen LogP) is 5.08. The van der Waals surface area contributed by atoms with Crippen LogP contribution in [0.3, 0.4) is 0 Å². The van der Waals surface area contributed by atoms with E-state index in [4.69, 9.17) is 11.6 Å². The first-order chi connectivity index (χ1) is 11.6. The average molecular weight is 340 g/mol. The number of rotatable bonds is 4. The molecule has 0 atom stereocenters. The van der Waals surface area contributed by atoms with Crippen LogP contribution in [0.5, 0.6) is 0 Å². The van der Waals surface area contributed by atoms with Crippen molar-refractivity contribution in [2.75, 3.05) is 0 Å². The normalized spacial score (nSPS) is 10.4. The van der Waals surface area contributed by atoms with Gasteiger partial charge in [-0.3, -0.25) is 4.79 Å². The lowest BCUT2D eigenvalue weighted by Crippen LogP contribution is -2.24. The van der Waals surface area contributed by atoms with Gasteiger partial charge in [-0.05, 0) is 41.0 Å². The van der Waals surface area contributed by atoms with E-state index in [0.717, 1.165) is 16.7 Å². The number of hydrogen-bond donors (Lipinski definition) is 1. The van der Waals surface area contributed by atoms with Crippen molar-refractivity contribution in [2.45, 2.75) is 6.54 Å². The molecule has 1 N–H and O–H groups in total. The van der Waals surface area contributed by atoms with Crippen LogP contribution in [0.1, 0.15) is 15.9 Å². The SMILES string of the molecule is O=C(NCc1ccccc1-c1ccc(Cl)cc1)c1ccccc1F. The van der Waals surface area contributed by atoms with Gasteiger partial charge in [-0.15, -0.1) is 0 Å². The van der Waals surface area contributed by atoms with Gasteiger partial charge in [0.05, 0.1) is 5.56 Å². The third-order valence-electron chi connectivity index (χ3n) is 3.73. The highest BCUT2D eigenvalue weighted by Gasteiger charge is 2.11. The Morgan fingerprint density at radius 2 is 1.58 bits per heavy atom. The summed E-state index contributed by atoms with van der Waals surface area (Å²) < 4.78 is 13.7. The second-order valence-corrected chi connectivity index (χ2v) is 5.76. The molecule has 0 aliphatic rings. The summed E-state index contributed by atoms with van der Waals surface area (Å²) in [5, 5.41) is 3.44. The Hall–Kier alpha value is -2.65. The molecule has 24 heavy (non-hydrogen) atoms. The van der Waals surface area contributed by atoms with Gasteiger partial charge in [0.15, 0.2) is 0 Å². The van der Waals surface area contributed by atoms with Crippen LogP contribution in [-0.2, 0) is 6.54 Å². The molecule has 0 unspecified atom stereocenters. The number of amides is 1. The molecule has 0 aromatic heterocycles. The lowest BCUT2D eigenvalue weighted by atomic mass is 9.99. The molecular weight excluding hydrogens is 325 g/mol. The van der Waals surface area contributed by atoms with E-state index in [0.29, 0.717) is 11.6 Å². The minimum absolute atomic E-state index is 0.0430. The van der Waals surface area contributed by atoms with Crippen molar-refractivity contribution in [1.29, 1.82) is 0 Å². The van der Waals surface area contributed by atoms with Gasteiger partial charge >= 0.3 is 0 Å². The molecule has 0 radical (unpaired) electrons. The second kappa shape index (κ2) is 7.28. The Bertz CT molecular complexity index is 862. The molecule has 0 heterocycles. The molecular formula is C20H15ClFNO. The highest BCUT2D eigenvalue weighted by Crippen LogP contribution is 2.25. The Morgan fingerprint density at radius 3 is 2.33 bits per heavy atom. The number of benzene rings is 3. The fourth-order valence-corrected chi connectivity index (χ4v) is 2.63. The van der Waals surface area contributed by atoms with Crippen LogP contribution in [0.4, 0.5) is 4.39 Å². The summed E-state index contributed by atoms with van der Waals surface area (Å²) in [5.41, 5.74) is 3.00. The first-order valence-corrected chi connectivity index (χ1v) is 7.89. The fourth-order valence-electron chi connectivity index (χ4n) is 2.50. The maximum atomic E-state index is 13.7. The summed E-state index contributed by atoms with van der Waals surface area (Å²) in [6.45, 7) is 0.311. The van der Waals surface area contributed by atoms with Crippen LogP contribution in [0.25, 0.3) is 11.1 Å². The van der Waals surface area contributed by atoms with Crippen LogP contribution in [-0.4, -0.2) is 5.91 Å². The Balaban J connectivity index is 1.80. The molecule has 0 saturated heterocycles. The predicted molar refractivity (Wildman–Crippen MR) is 94.5 cm³/mol. The summed E-state index contributed by atoms with van der Waals surface area (Å²) in [5.74, 6) is -0.958. The van der Waals surface area contributed by atoms with Crippen LogP contribution < -0.4 is 5.32 Å². The molecule has 0 spiro atoms. The van der Waals surface area contributed by atoms with E-state index in [1.54, 1.807) is 12.1 Å². The van der Waals surface area contributed by atoms with Gasteiger partial charge in [0.25, 0.3) is 5.91 Å². The summed E-state index contributed by atoms with van der Waals surface area (Å²) in [6, 6.07) is 21.2. The Morgan fingerprint density at radius 1 is 0.917 bits per heavy atom. The molecule has 4 heteroatoms. The van der Waals surface area contributed by atoms with Gasteiger partial charge in [-0.1, -0.05) is 60.1 Å². The van der Waals surface area contributed by atoms with Crippen molar-refractivity contribution in [3.63, 3.8) is 0 Å². The minimum Gasteiger partial charge on any atom is -0.348 e. The maximum absolute atomic E-state index is 13.7. The zero-order valence-electron chi connectivity index (χ0n) is 12.8. The molecule has 3 rings (SSSR count). The topological polar surface area (TPSA) is 29.1 Å². The van der Waals surface area contributed by atoms with E-state index >= 15 is 0 Å². The number of halogens is 2. The molecule has 0 fully saturated rings. The van der Waals surface area contributed by atoms with Crippen molar-refractivity contribution in [1.82, 2.24) is 5.32 Å². The number of carbonyl (C=O) groups excluding carboxylic acids is 1. The lowest BCUT2D eigenvalue weighted by Gasteiger charge is -2.11. The van der Waals surface area contributed by atoms with Crippen molar-refractivity contribution in [2.24, 2.45) is 0 Å². The summed E-state index contributed by atoms with van der Waals surface area (Å²) >= 11 is 5.93. The standard InChI is InChI=1S/C20H15ClFNO/c21-16-11-9-14(10-12-16)17-6-2-1-5-15(17)13-23-20(24)18-7-3-4-8-19(18)22/h1-12H,13H2,(H,23,24). The molecule has 0 saturated carbocycles. The van der Waals surface area contributed by atoms with Gasteiger partial charge in [-0.25, -0.2) is 4.39 Å². The van der Waals surface area contributed by atoms with Gasteiger partial charge in [0.1, 0.15) is 5.82 Å². The summed E-state index contributed by atoms with van der Waals surface area (Å²) in [4.78, 5) is 12.2.